The van der Waals surface area contributed by atoms with Crippen LogP contribution in [-0.2, 0) is 6.54 Å². The van der Waals surface area contributed by atoms with Crippen LogP contribution < -0.4 is 0 Å². The molecule has 118 valence electrons. The molecule has 0 spiro atoms. The number of aromatic amines is 1. The predicted octanol–water partition coefficient (Wildman–Crippen LogP) is 4.53. The van der Waals surface area contributed by atoms with Gasteiger partial charge in [-0.15, -0.1) is 0 Å². The van der Waals surface area contributed by atoms with E-state index in [1.165, 1.54) is 5.56 Å². The predicted molar refractivity (Wildman–Crippen MR) is 94.5 cm³/mol. The molecule has 0 atom stereocenters. The third-order valence-corrected chi connectivity index (χ3v) is 4.09. The maximum atomic E-state index is 12.9. The van der Waals surface area contributed by atoms with E-state index in [0.29, 0.717) is 12.2 Å². The molecule has 0 bridgehead atoms. The molecule has 0 fully saturated rings. The minimum absolute atomic E-state index is 0.0395. The largest absolute Gasteiger partial charge is 0.351 e. The zero-order valence-electron chi connectivity index (χ0n) is 13.8. The molecule has 3 heteroatoms. The number of hydrogen-bond donors (Lipinski definition) is 1. The first-order chi connectivity index (χ1) is 11.0. The number of hydrogen-bond acceptors (Lipinski definition) is 1. The molecule has 0 aliphatic heterocycles. The molecule has 0 saturated heterocycles. The molecule has 1 aromatic heterocycles. The maximum absolute atomic E-state index is 12.9. The molecule has 1 N–H and O–H groups in total. The Morgan fingerprint density at radius 1 is 1.09 bits per heavy atom. The highest BCUT2D eigenvalue weighted by Crippen LogP contribution is 2.20. The Kier molecular flexibility index (Phi) is 4.20. The van der Waals surface area contributed by atoms with Gasteiger partial charge in [-0.1, -0.05) is 42.0 Å². The van der Waals surface area contributed by atoms with E-state index in [4.69, 9.17) is 0 Å². The van der Waals surface area contributed by atoms with Crippen LogP contribution in [0.4, 0.5) is 0 Å². The Bertz CT molecular complexity index is 818. The molecule has 0 radical (unpaired) electrons. The van der Waals surface area contributed by atoms with Crippen molar-refractivity contribution in [3.63, 3.8) is 0 Å². The second kappa shape index (κ2) is 6.29. The number of aryl methyl sites for hydroxylation is 1. The lowest BCUT2D eigenvalue weighted by atomic mass is 10.1. The Morgan fingerprint density at radius 2 is 1.83 bits per heavy atom. The summed E-state index contributed by atoms with van der Waals surface area (Å²) >= 11 is 0. The van der Waals surface area contributed by atoms with Gasteiger partial charge in [-0.25, -0.2) is 0 Å². The van der Waals surface area contributed by atoms with Crippen LogP contribution in [0.25, 0.3) is 10.9 Å². The molecule has 2 aromatic carbocycles. The van der Waals surface area contributed by atoms with E-state index in [1.807, 2.05) is 49.1 Å². The lowest BCUT2D eigenvalue weighted by Crippen LogP contribution is -2.36. The minimum atomic E-state index is 0.0395. The second-order valence-electron chi connectivity index (χ2n) is 6.29. The zero-order chi connectivity index (χ0) is 16.4. The average molecular weight is 306 g/mol. The molecular formula is C20H22N2O. The van der Waals surface area contributed by atoms with Gasteiger partial charge in [0.15, 0.2) is 0 Å². The summed E-state index contributed by atoms with van der Waals surface area (Å²) in [5.74, 6) is 0.0395. The van der Waals surface area contributed by atoms with Crippen molar-refractivity contribution in [2.75, 3.05) is 0 Å². The third kappa shape index (κ3) is 3.29. The number of rotatable bonds is 4. The average Bonchev–Trinajstić information content (AvgIpc) is 2.95. The summed E-state index contributed by atoms with van der Waals surface area (Å²) in [7, 11) is 0. The summed E-state index contributed by atoms with van der Waals surface area (Å²) in [6.07, 6.45) is 0. The van der Waals surface area contributed by atoms with Crippen LogP contribution in [0.15, 0.2) is 54.6 Å². The van der Waals surface area contributed by atoms with Crippen molar-refractivity contribution in [3.8, 4) is 0 Å². The van der Waals surface area contributed by atoms with Gasteiger partial charge in [0.25, 0.3) is 5.91 Å². The highest BCUT2D eigenvalue weighted by Gasteiger charge is 2.20. The van der Waals surface area contributed by atoms with Crippen molar-refractivity contribution in [2.45, 2.75) is 33.4 Å². The third-order valence-electron chi connectivity index (χ3n) is 4.09. The summed E-state index contributed by atoms with van der Waals surface area (Å²) < 4.78 is 0. The van der Waals surface area contributed by atoms with Crippen LogP contribution in [0.3, 0.4) is 0 Å². The van der Waals surface area contributed by atoms with Crippen LogP contribution in [0.1, 0.15) is 35.5 Å². The quantitative estimate of drug-likeness (QED) is 0.755. The van der Waals surface area contributed by atoms with Crippen molar-refractivity contribution in [3.05, 3.63) is 71.4 Å². The van der Waals surface area contributed by atoms with Gasteiger partial charge < -0.3 is 9.88 Å². The molecule has 0 unspecified atom stereocenters. The van der Waals surface area contributed by atoms with Crippen LogP contribution in [0.2, 0.25) is 0 Å². The minimum Gasteiger partial charge on any atom is -0.351 e. The van der Waals surface area contributed by atoms with Crippen molar-refractivity contribution in [2.24, 2.45) is 0 Å². The Hall–Kier alpha value is -2.55. The first-order valence-corrected chi connectivity index (χ1v) is 7.99. The molecule has 0 aliphatic rings. The molecule has 1 amide bonds. The van der Waals surface area contributed by atoms with Crippen molar-refractivity contribution in [1.82, 2.24) is 9.88 Å². The number of carbonyl (C=O) groups is 1. The van der Waals surface area contributed by atoms with Gasteiger partial charge >= 0.3 is 0 Å². The fourth-order valence-corrected chi connectivity index (χ4v) is 2.79. The molecule has 0 aliphatic carbocycles. The van der Waals surface area contributed by atoms with Gasteiger partial charge in [0.1, 0.15) is 5.69 Å². The molecule has 23 heavy (non-hydrogen) atoms. The summed E-state index contributed by atoms with van der Waals surface area (Å²) in [6.45, 7) is 6.77. The number of aromatic nitrogens is 1. The highest BCUT2D eigenvalue weighted by atomic mass is 16.2. The number of benzene rings is 2. The monoisotopic (exact) mass is 306 g/mol. The van der Waals surface area contributed by atoms with E-state index in [1.54, 1.807) is 0 Å². The summed E-state index contributed by atoms with van der Waals surface area (Å²) in [5, 5.41) is 1.08. The fraction of sp³-hybridized carbons (Fsp3) is 0.250. The lowest BCUT2D eigenvalue weighted by Gasteiger charge is -2.26. The van der Waals surface area contributed by atoms with Crippen molar-refractivity contribution in [1.29, 1.82) is 0 Å². The normalized spacial score (nSPS) is 11.1. The fourth-order valence-electron chi connectivity index (χ4n) is 2.79. The van der Waals surface area contributed by atoms with E-state index in [9.17, 15) is 4.79 Å². The van der Waals surface area contributed by atoms with Gasteiger partial charge in [-0.05, 0) is 44.5 Å². The van der Waals surface area contributed by atoms with Gasteiger partial charge in [0.2, 0.25) is 0 Å². The van der Waals surface area contributed by atoms with E-state index in [0.717, 1.165) is 16.5 Å². The topological polar surface area (TPSA) is 36.1 Å². The van der Waals surface area contributed by atoms with Gasteiger partial charge in [0, 0.05) is 23.5 Å². The van der Waals surface area contributed by atoms with Crippen molar-refractivity contribution < 1.29 is 4.79 Å². The summed E-state index contributed by atoms with van der Waals surface area (Å²) in [4.78, 5) is 18.1. The number of H-pyrrole nitrogens is 1. The van der Waals surface area contributed by atoms with E-state index in [2.05, 4.69) is 36.2 Å². The summed E-state index contributed by atoms with van der Waals surface area (Å²) in [6, 6.07) is 18.4. The molecule has 3 aromatic rings. The highest BCUT2D eigenvalue weighted by molar-refractivity contribution is 5.98. The standard InChI is InChI=1S/C20H22N2O/c1-14(2)22(13-16-7-5-4-6-8-16)20(23)19-12-17-11-15(3)9-10-18(17)21-19/h4-12,14,21H,13H2,1-3H3. The molecule has 3 rings (SSSR count). The SMILES string of the molecule is Cc1ccc2[nH]c(C(=O)N(Cc3ccccc3)C(C)C)cc2c1. The van der Waals surface area contributed by atoms with Gasteiger partial charge in [-0.3, -0.25) is 4.79 Å². The summed E-state index contributed by atoms with van der Waals surface area (Å²) in [5.41, 5.74) is 3.99. The van der Waals surface area contributed by atoms with Gasteiger partial charge in [-0.2, -0.15) is 0 Å². The van der Waals surface area contributed by atoms with Crippen LogP contribution in [0, 0.1) is 6.92 Å². The first kappa shape index (κ1) is 15.3. The number of amides is 1. The molecular weight excluding hydrogens is 284 g/mol. The van der Waals surface area contributed by atoms with Crippen LogP contribution in [-0.4, -0.2) is 21.8 Å². The lowest BCUT2D eigenvalue weighted by molar-refractivity contribution is 0.0685. The molecule has 1 heterocycles. The molecule has 3 nitrogen and oxygen atoms in total. The van der Waals surface area contributed by atoms with Gasteiger partial charge in [0.05, 0.1) is 0 Å². The van der Waals surface area contributed by atoms with E-state index in [-0.39, 0.29) is 11.9 Å². The molecule has 0 saturated carbocycles. The van der Waals surface area contributed by atoms with E-state index >= 15 is 0 Å². The second-order valence-corrected chi connectivity index (χ2v) is 6.29. The van der Waals surface area contributed by atoms with E-state index < -0.39 is 0 Å². The van der Waals surface area contributed by atoms with Crippen LogP contribution in [0.5, 0.6) is 0 Å². The first-order valence-electron chi connectivity index (χ1n) is 7.99. The number of nitrogens with one attached hydrogen (secondary N) is 1. The van der Waals surface area contributed by atoms with Crippen molar-refractivity contribution >= 4 is 16.8 Å². The Balaban J connectivity index is 1.90. The number of carbonyl (C=O) groups excluding carboxylic acids is 1. The van der Waals surface area contributed by atoms with Crippen LogP contribution >= 0.6 is 0 Å². The smallest absolute Gasteiger partial charge is 0.270 e. The zero-order valence-corrected chi connectivity index (χ0v) is 13.8. The number of fused-ring (bicyclic) bond motifs is 1. The Labute approximate surface area is 136 Å². The number of nitrogens with zero attached hydrogens (tertiary/aromatic N) is 1. The maximum Gasteiger partial charge on any atom is 0.270 e. The Morgan fingerprint density at radius 3 is 2.52 bits per heavy atom.